The first kappa shape index (κ1) is 13.6. The van der Waals surface area contributed by atoms with Crippen molar-refractivity contribution in [3.05, 3.63) is 23.2 Å². The molecule has 1 saturated heterocycles. The third-order valence-corrected chi connectivity index (χ3v) is 3.13. The quantitative estimate of drug-likeness (QED) is 0.794. The number of hydrogen-bond acceptors (Lipinski definition) is 5. The van der Waals surface area contributed by atoms with E-state index in [1.54, 1.807) is 6.92 Å². The summed E-state index contributed by atoms with van der Waals surface area (Å²) >= 11 is 0. The van der Waals surface area contributed by atoms with Crippen LogP contribution in [0.25, 0.3) is 0 Å². The van der Waals surface area contributed by atoms with Crippen molar-refractivity contribution in [2.24, 2.45) is 5.73 Å². The van der Waals surface area contributed by atoms with Crippen molar-refractivity contribution in [3.63, 3.8) is 0 Å². The second kappa shape index (κ2) is 5.41. The molecule has 7 heteroatoms. The van der Waals surface area contributed by atoms with Crippen LogP contribution >= 0.6 is 0 Å². The predicted molar refractivity (Wildman–Crippen MR) is 64.6 cm³/mol. The van der Waals surface area contributed by atoms with Gasteiger partial charge >= 0.3 is 5.97 Å². The number of ether oxygens (including phenoxy) is 1. The Balaban J connectivity index is 2.13. The lowest BCUT2D eigenvalue weighted by Gasteiger charge is -2.32. The lowest BCUT2D eigenvalue weighted by molar-refractivity contribution is -0.129. The number of nitrogens with two attached hydrogens (primary N) is 1. The van der Waals surface area contributed by atoms with Crippen molar-refractivity contribution in [1.29, 1.82) is 0 Å². The number of amides is 1. The number of aryl methyl sites for hydroxylation is 1. The van der Waals surface area contributed by atoms with Crippen molar-refractivity contribution in [3.8, 4) is 0 Å². The van der Waals surface area contributed by atoms with Crippen LogP contribution in [0.1, 0.15) is 21.9 Å². The maximum Gasteiger partial charge on any atom is 0.339 e. The summed E-state index contributed by atoms with van der Waals surface area (Å²) in [5.41, 5.74) is 5.45. The van der Waals surface area contributed by atoms with Gasteiger partial charge in [-0.15, -0.1) is 0 Å². The van der Waals surface area contributed by atoms with Crippen molar-refractivity contribution in [2.75, 3.05) is 19.8 Å². The highest BCUT2D eigenvalue weighted by Crippen LogP contribution is 2.18. The zero-order chi connectivity index (χ0) is 14.0. The minimum absolute atomic E-state index is 0.138. The van der Waals surface area contributed by atoms with E-state index >= 15 is 0 Å². The molecule has 1 fully saturated rings. The summed E-state index contributed by atoms with van der Waals surface area (Å²) in [6, 6.07) is 0.970. The van der Waals surface area contributed by atoms with Crippen LogP contribution < -0.4 is 5.73 Å². The van der Waals surface area contributed by atoms with Gasteiger partial charge in [0.25, 0.3) is 0 Å². The highest BCUT2D eigenvalue weighted by atomic mass is 16.5. The highest BCUT2D eigenvalue weighted by Gasteiger charge is 2.28. The molecule has 1 atom stereocenters. The number of hydrogen-bond donors (Lipinski definition) is 2. The van der Waals surface area contributed by atoms with Crippen LogP contribution in [-0.4, -0.2) is 47.7 Å². The molecule has 1 aromatic heterocycles. The molecule has 0 aromatic carbocycles. The minimum atomic E-state index is -1.03. The molecular formula is C12H16N2O5. The van der Waals surface area contributed by atoms with Gasteiger partial charge in [0.05, 0.1) is 19.8 Å². The van der Waals surface area contributed by atoms with Crippen molar-refractivity contribution < 1.29 is 23.8 Å². The van der Waals surface area contributed by atoms with Crippen LogP contribution in [0, 0.1) is 6.92 Å². The summed E-state index contributed by atoms with van der Waals surface area (Å²) in [7, 11) is 0. The van der Waals surface area contributed by atoms with Gasteiger partial charge in [-0.3, -0.25) is 9.69 Å². The van der Waals surface area contributed by atoms with Gasteiger partial charge in [-0.2, -0.15) is 0 Å². The standard InChI is InChI=1S/C12H16N2O5/c1-7-9(12(16)17)4-8(19-7)5-14-2-3-18-6-10(14)11(13)15/h4,10H,2-3,5-6H2,1H3,(H2,13,15)(H,16,17). The molecule has 1 aromatic rings. The van der Waals surface area contributed by atoms with E-state index in [0.717, 1.165) is 0 Å². The molecule has 0 spiro atoms. The van der Waals surface area contributed by atoms with E-state index in [1.807, 2.05) is 4.90 Å². The van der Waals surface area contributed by atoms with Crippen LogP contribution in [-0.2, 0) is 16.1 Å². The molecule has 2 rings (SSSR count). The average Bonchev–Trinajstić information content (AvgIpc) is 2.71. The summed E-state index contributed by atoms with van der Waals surface area (Å²) in [6.07, 6.45) is 0. The molecule has 3 N–H and O–H groups in total. The fraction of sp³-hybridized carbons (Fsp3) is 0.500. The van der Waals surface area contributed by atoms with E-state index in [4.69, 9.17) is 20.0 Å². The van der Waals surface area contributed by atoms with E-state index in [-0.39, 0.29) is 12.2 Å². The predicted octanol–water partition coefficient (Wildman–Crippen LogP) is -0.0277. The molecule has 1 unspecified atom stereocenters. The fourth-order valence-corrected chi connectivity index (χ4v) is 2.12. The van der Waals surface area contributed by atoms with E-state index < -0.39 is 17.9 Å². The molecule has 7 nitrogen and oxygen atoms in total. The number of morpholine rings is 1. The minimum Gasteiger partial charge on any atom is -0.478 e. The molecule has 1 aliphatic heterocycles. The summed E-state index contributed by atoms with van der Waals surface area (Å²) in [6.45, 7) is 3.24. The van der Waals surface area contributed by atoms with Gasteiger partial charge in [0.1, 0.15) is 23.1 Å². The Morgan fingerprint density at radius 2 is 2.32 bits per heavy atom. The molecule has 19 heavy (non-hydrogen) atoms. The van der Waals surface area contributed by atoms with Crippen molar-refractivity contribution in [1.82, 2.24) is 4.90 Å². The van der Waals surface area contributed by atoms with Gasteiger partial charge in [0, 0.05) is 6.54 Å². The lowest BCUT2D eigenvalue weighted by Crippen LogP contribution is -2.51. The topological polar surface area (TPSA) is 106 Å². The van der Waals surface area contributed by atoms with Gasteiger partial charge in [-0.25, -0.2) is 4.79 Å². The highest BCUT2D eigenvalue weighted by molar-refractivity contribution is 5.88. The Morgan fingerprint density at radius 1 is 1.58 bits per heavy atom. The van der Waals surface area contributed by atoms with Crippen LogP contribution in [0.5, 0.6) is 0 Å². The van der Waals surface area contributed by atoms with E-state index in [9.17, 15) is 9.59 Å². The largest absolute Gasteiger partial charge is 0.478 e. The first-order valence-corrected chi connectivity index (χ1v) is 5.92. The molecule has 1 aliphatic rings. The summed E-state index contributed by atoms with van der Waals surface area (Å²) < 4.78 is 10.6. The van der Waals surface area contributed by atoms with Crippen molar-refractivity contribution >= 4 is 11.9 Å². The molecule has 1 amide bonds. The molecule has 0 saturated carbocycles. The van der Waals surface area contributed by atoms with Gasteiger partial charge in [0.15, 0.2) is 0 Å². The smallest absolute Gasteiger partial charge is 0.339 e. The van der Waals surface area contributed by atoms with Crippen LogP contribution in [0.15, 0.2) is 10.5 Å². The number of carbonyl (C=O) groups excluding carboxylic acids is 1. The molecule has 0 radical (unpaired) electrons. The van der Waals surface area contributed by atoms with E-state index in [0.29, 0.717) is 31.2 Å². The number of furan rings is 1. The molecule has 104 valence electrons. The SMILES string of the molecule is Cc1oc(CN2CCOCC2C(N)=O)cc1C(=O)O. The van der Waals surface area contributed by atoms with Gasteiger partial charge < -0.3 is 20.0 Å². The Morgan fingerprint density at radius 3 is 2.89 bits per heavy atom. The normalized spacial score (nSPS) is 20.4. The lowest BCUT2D eigenvalue weighted by atomic mass is 10.2. The number of rotatable bonds is 4. The number of primary amides is 1. The third kappa shape index (κ3) is 2.94. The number of nitrogens with zero attached hydrogens (tertiary/aromatic N) is 1. The Hall–Kier alpha value is -1.86. The zero-order valence-corrected chi connectivity index (χ0v) is 10.6. The monoisotopic (exact) mass is 268 g/mol. The molecule has 0 aliphatic carbocycles. The van der Waals surface area contributed by atoms with Gasteiger partial charge in [0.2, 0.25) is 5.91 Å². The van der Waals surface area contributed by atoms with Crippen LogP contribution in [0.2, 0.25) is 0 Å². The summed E-state index contributed by atoms with van der Waals surface area (Å²) in [4.78, 5) is 24.1. The first-order chi connectivity index (χ1) is 8.99. The average molecular weight is 268 g/mol. The molecular weight excluding hydrogens is 252 g/mol. The fourth-order valence-electron chi connectivity index (χ4n) is 2.12. The maximum absolute atomic E-state index is 11.3. The van der Waals surface area contributed by atoms with E-state index in [2.05, 4.69) is 0 Å². The second-order valence-corrected chi connectivity index (χ2v) is 4.45. The second-order valence-electron chi connectivity index (χ2n) is 4.45. The van der Waals surface area contributed by atoms with Crippen LogP contribution in [0.3, 0.4) is 0 Å². The van der Waals surface area contributed by atoms with Crippen molar-refractivity contribution in [2.45, 2.75) is 19.5 Å². The molecule has 0 bridgehead atoms. The summed E-state index contributed by atoms with van der Waals surface area (Å²) in [5.74, 6) is -0.628. The third-order valence-electron chi connectivity index (χ3n) is 3.13. The number of carboxylic acid groups (broad SMARTS) is 1. The Kier molecular flexibility index (Phi) is 3.87. The first-order valence-electron chi connectivity index (χ1n) is 5.92. The summed E-state index contributed by atoms with van der Waals surface area (Å²) in [5, 5.41) is 8.96. The Bertz CT molecular complexity index is 496. The molecule has 2 heterocycles. The zero-order valence-electron chi connectivity index (χ0n) is 10.6. The number of carboxylic acids is 1. The van der Waals surface area contributed by atoms with E-state index in [1.165, 1.54) is 6.07 Å². The van der Waals surface area contributed by atoms with Crippen LogP contribution in [0.4, 0.5) is 0 Å². The van der Waals surface area contributed by atoms with Gasteiger partial charge in [-0.1, -0.05) is 0 Å². The number of carbonyl (C=O) groups is 2. The van der Waals surface area contributed by atoms with Gasteiger partial charge in [-0.05, 0) is 13.0 Å². The maximum atomic E-state index is 11.3. The number of aromatic carboxylic acids is 1. The Labute approximate surface area is 109 Å².